The van der Waals surface area contributed by atoms with Crippen molar-refractivity contribution in [1.82, 2.24) is 19.5 Å². The lowest BCUT2D eigenvalue weighted by atomic mass is 9.99. The monoisotopic (exact) mass is 453 g/mol. The fourth-order valence-corrected chi connectivity index (χ4v) is 5.54. The zero-order valence-corrected chi connectivity index (χ0v) is 18.6. The van der Waals surface area contributed by atoms with Crippen molar-refractivity contribution in [3.05, 3.63) is 73.6 Å². The second-order valence-corrected chi connectivity index (χ2v) is 9.50. The van der Waals surface area contributed by atoms with E-state index in [0.717, 1.165) is 17.7 Å². The summed E-state index contributed by atoms with van der Waals surface area (Å²) in [6.07, 6.45) is 7.22. The van der Waals surface area contributed by atoms with Gasteiger partial charge in [0.05, 0.1) is 30.6 Å². The number of fused-ring (bicyclic) bond motifs is 1. The molecule has 0 aromatic carbocycles. The van der Waals surface area contributed by atoms with Crippen molar-refractivity contribution in [1.29, 1.82) is 0 Å². The minimum Gasteiger partial charge on any atom is -0.386 e. The standard InChI is InChI=1S/C23H24FN5O2S/c1-14-18(24)6-7-19(26-14)17-8-9-28(12-20(17)30)22-25-13-29(23(31)27-22)11-16-10-15-4-2-3-5-21(15)32-16/h6-8,10,13,20,30H,2-5,9,11-12H2,1H3/t20-/m0/s1. The van der Waals surface area contributed by atoms with E-state index in [0.29, 0.717) is 24.4 Å². The Balaban J connectivity index is 1.32. The molecule has 7 nitrogen and oxygen atoms in total. The Morgan fingerprint density at radius 3 is 2.84 bits per heavy atom. The average Bonchev–Trinajstić information content (AvgIpc) is 3.19. The number of hydrogen-bond donors (Lipinski definition) is 1. The highest BCUT2D eigenvalue weighted by molar-refractivity contribution is 7.12. The number of pyridine rings is 1. The van der Waals surface area contributed by atoms with Gasteiger partial charge < -0.3 is 10.0 Å². The minimum absolute atomic E-state index is 0.227. The van der Waals surface area contributed by atoms with Crippen LogP contribution in [0.25, 0.3) is 5.57 Å². The third-order valence-electron chi connectivity index (χ3n) is 6.01. The molecule has 0 saturated carbocycles. The summed E-state index contributed by atoms with van der Waals surface area (Å²) in [5.41, 5.74) is 2.53. The first-order valence-electron chi connectivity index (χ1n) is 10.8. The van der Waals surface area contributed by atoms with Crippen LogP contribution in [0.5, 0.6) is 0 Å². The number of aliphatic hydroxyl groups is 1. The Morgan fingerprint density at radius 1 is 1.25 bits per heavy atom. The highest BCUT2D eigenvalue weighted by Gasteiger charge is 2.25. The van der Waals surface area contributed by atoms with Crippen LogP contribution in [0.15, 0.2) is 35.4 Å². The summed E-state index contributed by atoms with van der Waals surface area (Å²) in [4.78, 5) is 29.7. The van der Waals surface area contributed by atoms with E-state index in [1.165, 1.54) is 40.2 Å². The van der Waals surface area contributed by atoms with Gasteiger partial charge in [0.2, 0.25) is 5.95 Å². The third-order valence-corrected chi connectivity index (χ3v) is 7.23. The van der Waals surface area contributed by atoms with Gasteiger partial charge in [0.1, 0.15) is 12.1 Å². The van der Waals surface area contributed by atoms with Gasteiger partial charge in [0, 0.05) is 21.9 Å². The molecule has 5 rings (SSSR count). The van der Waals surface area contributed by atoms with Crippen LogP contribution >= 0.6 is 11.3 Å². The number of thiophene rings is 1. The van der Waals surface area contributed by atoms with E-state index < -0.39 is 6.10 Å². The molecular formula is C23H24FN5O2S. The first kappa shape index (κ1) is 21.0. The maximum absolute atomic E-state index is 13.5. The van der Waals surface area contributed by atoms with Crippen molar-refractivity contribution >= 4 is 22.9 Å². The molecule has 2 aliphatic rings. The smallest absolute Gasteiger partial charge is 0.352 e. The first-order chi connectivity index (χ1) is 15.5. The lowest BCUT2D eigenvalue weighted by Crippen LogP contribution is -2.40. The van der Waals surface area contributed by atoms with Gasteiger partial charge in [-0.25, -0.2) is 14.2 Å². The molecule has 1 aliphatic carbocycles. The summed E-state index contributed by atoms with van der Waals surface area (Å²) in [6.45, 7) is 2.71. The van der Waals surface area contributed by atoms with Crippen molar-refractivity contribution < 1.29 is 9.50 Å². The molecule has 4 heterocycles. The number of halogens is 1. The predicted octanol–water partition coefficient (Wildman–Crippen LogP) is 2.73. The van der Waals surface area contributed by atoms with Crippen molar-refractivity contribution in [3.63, 3.8) is 0 Å². The molecular weight excluding hydrogens is 429 g/mol. The molecule has 1 N–H and O–H groups in total. The third kappa shape index (κ3) is 4.10. The Hall–Kier alpha value is -2.91. The predicted molar refractivity (Wildman–Crippen MR) is 121 cm³/mol. The number of aliphatic hydroxyl groups excluding tert-OH is 1. The van der Waals surface area contributed by atoms with Crippen molar-refractivity contribution in [2.45, 2.75) is 45.3 Å². The first-order valence-corrected chi connectivity index (χ1v) is 11.6. The number of hydrogen-bond acceptors (Lipinski definition) is 7. The van der Waals surface area contributed by atoms with Crippen LogP contribution in [-0.4, -0.2) is 43.8 Å². The van der Waals surface area contributed by atoms with Crippen molar-refractivity contribution in [2.75, 3.05) is 18.0 Å². The van der Waals surface area contributed by atoms with E-state index >= 15 is 0 Å². The zero-order chi connectivity index (χ0) is 22.2. The highest BCUT2D eigenvalue weighted by atomic mass is 32.1. The number of anilines is 1. The Labute approximate surface area is 188 Å². The largest absolute Gasteiger partial charge is 0.386 e. The van der Waals surface area contributed by atoms with Gasteiger partial charge >= 0.3 is 5.69 Å². The van der Waals surface area contributed by atoms with Crippen LogP contribution < -0.4 is 10.6 Å². The molecule has 32 heavy (non-hydrogen) atoms. The number of aromatic nitrogens is 4. The number of rotatable bonds is 4. The van der Waals surface area contributed by atoms with Crippen LogP contribution in [0, 0.1) is 12.7 Å². The molecule has 0 amide bonds. The topological polar surface area (TPSA) is 84.1 Å². The molecule has 3 aromatic rings. The quantitative estimate of drug-likeness (QED) is 0.654. The van der Waals surface area contributed by atoms with Gasteiger partial charge in [-0.15, -0.1) is 11.3 Å². The summed E-state index contributed by atoms with van der Waals surface area (Å²) < 4.78 is 15.0. The van der Waals surface area contributed by atoms with Crippen LogP contribution in [0.4, 0.5) is 10.3 Å². The van der Waals surface area contributed by atoms with Crippen LogP contribution in [0.2, 0.25) is 0 Å². The highest BCUT2D eigenvalue weighted by Crippen LogP contribution is 2.30. The van der Waals surface area contributed by atoms with E-state index in [1.807, 2.05) is 6.08 Å². The Kier molecular flexibility index (Phi) is 5.60. The summed E-state index contributed by atoms with van der Waals surface area (Å²) >= 11 is 1.78. The van der Waals surface area contributed by atoms with Gasteiger partial charge in [0.15, 0.2) is 0 Å². The summed E-state index contributed by atoms with van der Waals surface area (Å²) in [6, 6.07) is 5.12. The number of β-amino-alcohol motifs (C(OH)–C–C–N with tert-alkyl or cyclic N) is 1. The van der Waals surface area contributed by atoms with Gasteiger partial charge in [-0.2, -0.15) is 4.98 Å². The van der Waals surface area contributed by atoms with E-state index in [1.54, 1.807) is 29.2 Å². The van der Waals surface area contributed by atoms with Crippen LogP contribution in [0.1, 0.15) is 39.5 Å². The Morgan fingerprint density at radius 2 is 2.09 bits per heavy atom. The molecule has 0 bridgehead atoms. The van der Waals surface area contributed by atoms with Crippen LogP contribution in [0.3, 0.4) is 0 Å². The molecule has 166 valence electrons. The number of aryl methyl sites for hydroxylation is 3. The molecule has 1 atom stereocenters. The van der Waals surface area contributed by atoms with E-state index in [-0.39, 0.29) is 29.7 Å². The van der Waals surface area contributed by atoms with Gasteiger partial charge in [0.25, 0.3) is 0 Å². The maximum atomic E-state index is 13.5. The second-order valence-electron chi connectivity index (χ2n) is 8.28. The van der Waals surface area contributed by atoms with E-state index in [2.05, 4.69) is 21.0 Å². The second kappa shape index (κ2) is 8.55. The molecule has 0 unspecified atom stereocenters. The van der Waals surface area contributed by atoms with Crippen molar-refractivity contribution in [3.8, 4) is 0 Å². The maximum Gasteiger partial charge on any atom is 0.352 e. The molecule has 0 spiro atoms. The van der Waals surface area contributed by atoms with E-state index in [9.17, 15) is 14.3 Å². The fraction of sp³-hybridized carbons (Fsp3) is 0.391. The SMILES string of the molecule is Cc1nc(C2=CCN(c3ncn(Cc4cc5c(s4)CCCC5)c(=O)n3)C[C@@H]2O)ccc1F. The van der Waals surface area contributed by atoms with Gasteiger partial charge in [-0.1, -0.05) is 6.08 Å². The summed E-state index contributed by atoms with van der Waals surface area (Å²) in [5, 5.41) is 10.6. The Bertz CT molecular complexity index is 1230. The molecule has 3 aromatic heterocycles. The molecule has 0 fully saturated rings. The minimum atomic E-state index is -0.843. The normalized spacial score (nSPS) is 18.4. The lowest BCUT2D eigenvalue weighted by molar-refractivity contribution is 0.233. The molecule has 0 saturated heterocycles. The van der Waals surface area contributed by atoms with E-state index in [4.69, 9.17) is 0 Å². The molecule has 1 aliphatic heterocycles. The van der Waals surface area contributed by atoms with Crippen LogP contribution in [-0.2, 0) is 19.4 Å². The lowest BCUT2D eigenvalue weighted by Gasteiger charge is -2.30. The van der Waals surface area contributed by atoms with Crippen molar-refractivity contribution in [2.24, 2.45) is 0 Å². The zero-order valence-electron chi connectivity index (χ0n) is 17.8. The van der Waals surface area contributed by atoms with Gasteiger partial charge in [-0.3, -0.25) is 9.55 Å². The summed E-state index contributed by atoms with van der Waals surface area (Å²) in [7, 11) is 0. The fourth-order valence-electron chi connectivity index (χ4n) is 4.28. The number of nitrogens with zero attached hydrogens (tertiary/aromatic N) is 5. The molecule has 9 heteroatoms. The summed E-state index contributed by atoms with van der Waals surface area (Å²) in [5.74, 6) is -0.0905. The molecule has 0 radical (unpaired) electrons. The van der Waals surface area contributed by atoms with Gasteiger partial charge in [-0.05, 0) is 56.4 Å². The average molecular weight is 454 g/mol.